The molecule has 0 aliphatic carbocycles. The number of hydrogen-bond acceptors (Lipinski definition) is 3. The minimum Gasteiger partial charge on any atom is -0.376 e. The number of ether oxygens (including phenoxy) is 1. The molecule has 0 aromatic heterocycles. The molecule has 0 radical (unpaired) electrons. The second-order valence-corrected chi connectivity index (χ2v) is 4.50. The van der Waals surface area contributed by atoms with E-state index in [0.29, 0.717) is 6.54 Å². The highest BCUT2D eigenvalue weighted by molar-refractivity contribution is 5.94. The summed E-state index contributed by atoms with van der Waals surface area (Å²) in [6, 6.07) is -0.398. The van der Waals surface area contributed by atoms with Crippen LogP contribution in [0, 0.1) is 0 Å². The predicted molar refractivity (Wildman–Crippen MR) is 57.8 cm³/mol. The van der Waals surface area contributed by atoms with Gasteiger partial charge in [-0.25, -0.2) is 0 Å². The van der Waals surface area contributed by atoms with Crippen molar-refractivity contribution in [2.24, 2.45) is 0 Å². The van der Waals surface area contributed by atoms with Gasteiger partial charge >= 0.3 is 0 Å². The van der Waals surface area contributed by atoms with Gasteiger partial charge in [-0.3, -0.25) is 9.59 Å². The molecule has 16 heavy (non-hydrogen) atoms. The molecular weight excluding hydrogens is 208 g/mol. The molecule has 2 heterocycles. The molecule has 0 aromatic rings. The number of carbonyl (C=O) groups excluding carboxylic acids is 2. The third-order valence-electron chi connectivity index (χ3n) is 3.09. The van der Waals surface area contributed by atoms with Crippen LogP contribution in [-0.4, -0.2) is 48.6 Å². The summed E-state index contributed by atoms with van der Waals surface area (Å²) in [5.41, 5.74) is 0. The van der Waals surface area contributed by atoms with Crippen molar-refractivity contribution < 1.29 is 14.3 Å². The summed E-state index contributed by atoms with van der Waals surface area (Å²) in [6.07, 6.45) is 3.34. The first-order valence-corrected chi connectivity index (χ1v) is 5.86. The van der Waals surface area contributed by atoms with Crippen molar-refractivity contribution in [2.45, 2.75) is 38.3 Å². The molecule has 5 nitrogen and oxygen atoms in total. The van der Waals surface area contributed by atoms with E-state index in [9.17, 15) is 9.59 Å². The molecule has 5 heteroatoms. The van der Waals surface area contributed by atoms with Crippen molar-refractivity contribution in [3.8, 4) is 0 Å². The average Bonchev–Trinajstić information content (AvgIpc) is 2.27. The highest BCUT2D eigenvalue weighted by atomic mass is 16.5. The van der Waals surface area contributed by atoms with E-state index in [2.05, 4.69) is 5.32 Å². The highest BCUT2D eigenvalue weighted by Gasteiger charge is 2.31. The Bertz CT molecular complexity index is 287. The van der Waals surface area contributed by atoms with Gasteiger partial charge in [0.25, 0.3) is 0 Å². The summed E-state index contributed by atoms with van der Waals surface area (Å²) in [4.78, 5) is 24.7. The molecule has 1 N–H and O–H groups in total. The van der Waals surface area contributed by atoms with Crippen molar-refractivity contribution in [2.75, 3.05) is 19.7 Å². The van der Waals surface area contributed by atoms with E-state index in [4.69, 9.17) is 4.74 Å². The molecule has 2 aliphatic rings. The van der Waals surface area contributed by atoms with Gasteiger partial charge in [-0.2, -0.15) is 0 Å². The van der Waals surface area contributed by atoms with E-state index in [1.165, 1.54) is 0 Å². The average molecular weight is 226 g/mol. The number of rotatable bonds is 2. The molecular formula is C11H18N2O3. The van der Waals surface area contributed by atoms with Gasteiger partial charge in [0.15, 0.2) is 0 Å². The maximum Gasteiger partial charge on any atom is 0.245 e. The highest BCUT2D eigenvalue weighted by Crippen LogP contribution is 2.15. The Labute approximate surface area is 95.1 Å². The van der Waals surface area contributed by atoms with Crippen LogP contribution in [0.15, 0.2) is 0 Å². The minimum absolute atomic E-state index is 0.00577. The largest absolute Gasteiger partial charge is 0.376 e. The first kappa shape index (κ1) is 11.4. The van der Waals surface area contributed by atoms with Crippen molar-refractivity contribution in [1.29, 1.82) is 0 Å². The number of amides is 2. The van der Waals surface area contributed by atoms with Crippen molar-refractivity contribution in [3.05, 3.63) is 0 Å². The number of hydrogen-bond donors (Lipinski definition) is 1. The maximum absolute atomic E-state index is 11.8. The summed E-state index contributed by atoms with van der Waals surface area (Å²) >= 11 is 0. The van der Waals surface area contributed by atoms with E-state index in [1.807, 2.05) is 0 Å². The number of piperazine rings is 1. The molecule has 2 atom stereocenters. The van der Waals surface area contributed by atoms with Crippen LogP contribution < -0.4 is 5.32 Å². The summed E-state index contributed by atoms with van der Waals surface area (Å²) in [5.74, 6) is -0.0864. The van der Waals surface area contributed by atoms with Crippen LogP contribution in [0.3, 0.4) is 0 Å². The quantitative estimate of drug-likeness (QED) is 0.715. The fourth-order valence-corrected chi connectivity index (χ4v) is 2.23. The fraction of sp³-hybridized carbons (Fsp3) is 0.818. The second kappa shape index (κ2) is 4.82. The van der Waals surface area contributed by atoms with Crippen LogP contribution in [0.5, 0.6) is 0 Å². The lowest BCUT2D eigenvalue weighted by Crippen LogP contribution is -2.58. The van der Waals surface area contributed by atoms with Crippen LogP contribution in [0.25, 0.3) is 0 Å². The SMILES string of the molecule is CC1NC(=O)CN(CC2CCCCO2)C1=O. The van der Waals surface area contributed by atoms with Crippen LogP contribution in [0.2, 0.25) is 0 Å². The Hall–Kier alpha value is -1.10. The molecule has 2 fully saturated rings. The lowest BCUT2D eigenvalue weighted by Gasteiger charge is -2.34. The van der Waals surface area contributed by atoms with Gasteiger partial charge in [0.2, 0.25) is 11.8 Å². The standard InChI is InChI=1S/C11H18N2O3/c1-8-11(15)13(7-10(14)12-8)6-9-4-2-3-5-16-9/h8-9H,2-7H2,1H3,(H,12,14). The van der Waals surface area contributed by atoms with E-state index in [1.54, 1.807) is 11.8 Å². The van der Waals surface area contributed by atoms with Gasteiger partial charge in [-0.15, -0.1) is 0 Å². The molecule has 0 aromatic carbocycles. The molecule has 0 spiro atoms. The van der Waals surface area contributed by atoms with Crippen molar-refractivity contribution >= 4 is 11.8 Å². The zero-order valence-electron chi connectivity index (χ0n) is 9.57. The third kappa shape index (κ3) is 2.52. The Morgan fingerprint density at radius 1 is 1.44 bits per heavy atom. The molecule has 2 amide bonds. The molecule has 2 saturated heterocycles. The van der Waals surface area contributed by atoms with Gasteiger partial charge in [-0.05, 0) is 26.2 Å². The molecule has 2 unspecified atom stereocenters. The lowest BCUT2D eigenvalue weighted by molar-refractivity contribution is -0.146. The molecule has 0 bridgehead atoms. The number of carbonyl (C=O) groups is 2. The van der Waals surface area contributed by atoms with E-state index in [-0.39, 0.29) is 24.5 Å². The van der Waals surface area contributed by atoms with Gasteiger partial charge in [-0.1, -0.05) is 0 Å². The van der Waals surface area contributed by atoms with Gasteiger partial charge < -0.3 is 15.0 Å². The number of nitrogens with zero attached hydrogens (tertiary/aromatic N) is 1. The smallest absolute Gasteiger partial charge is 0.245 e. The number of nitrogens with one attached hydrogen (secondary N) is 1. The lowest BCUT2D eigenvalue weighted by atomic mass is 10.1. The monoisotopic (exact) mass is 226 g/mol. The van der Waals surface area contributed by atoms with Crippen molar-refractivity contribution in [1.82, 2.24) is 10.2 Å². The first-order chi connectivity index (χ1) is 7.66. The maximum atomic E-state index is 11.8. The fourth-order valence-electron chi connectivity index (χ4n) is 2.23. The summed E-state index contributed by atoms with van der Waals surface area (Å²) in [6.45, 7) is 3.21. The topological polar surface area (TPSA) is 58.6 Å². The molecule has 0 saturated carbocycles. The minimum atomic E-state index is -0.398. The first-order valence-electron chi connectivity index (χ1n) is 5.86. The van der Waals surface area contributed by atoms with E-state index >= 15 is 0 Å². The molecule has 2 aliphatic heterocycles. The van der Waals surface area contributed by atoms with Crippen LogP contribution >= 0.6 is 0 Å². The normalized spacial score (nSPS) is 31.4. The Morgan fingerprint density at radius 2 is 2.25 bits per heavy atom. The molecule has 90 valence electrons. The van der Waals surface area contributed by atoms with E-state index in [0.717, 1.165) is 25.9 Å². The van der Waals surface area contributed by atoms with Crippen LogP contribution in [-0.2, 0) is 14.3 Å². The summed E-state index contributed by atoms with van der Waals surface area (Å²) in [7, 11) is 0. The zero-order valence-corrected chi connectivity index (χ0v) is 9.57. The van der Waals surface area contributed by atoms with Crippen molar-refractivity contribution in [3.63, 3.8) is 0 Å². The van der Waals surface area contributed by atoms with E-state index < -0.39 is 6.04 Å². The van der Waals surface area contributed by atoms with Crippen LogP contribution in [0.4, 0.5) is 0 Å². The van der Waals surface area contributed by atoms with Crippen LogP contribution in [0.1, 0.15) is 26.2 Å². The zero-order chi connectivity index (χ0) is 11.5. The van der Waals surface area contributed by atoms with Gasteiger partial charge in [0.1, 0.15) is 6.04 Å². The van der Waals surface area contributed by atoms with Gasteiger partial charge in [0.05, 0.1) is 12.6 Å². The Kier molecular flexibility index (Phi) is 3.43. The summed E-state index contributed by atoms with van der Waals surface area (Å²) < 4.78 is 5.57. The Balaban J connectivity index is 1.91. The predicted octanol–water partition coefficient (Wildman–Crippen LogP) is -0.0976. The third-order valence-corrected chi connectivity index (χ3v) is 3.09. The van der Waals surface area contributed by atoms with Gasteiger partial charge in [0, 0.05) is 13.2 Å². The second-order valence-electron chi connectivity index (χ2n) is 4.50. The summed E-state index contributed by atoms with van der Waals surface area (Å²) in [5, 5.41) is 2.63. The Morgan fingerprint density at radius 3 is 2.94 bits per heavy atom. The molecule has 2 rings (SSSR count).